The van der Waals surface area contributed by atoms with E-state index in [9.17, 15) is 9.59 Å². The van der Waals surface area contributed by atoms with Crippen molar-refractivity contribution < 1.29 is 14.3 Å². The van der Waals surface area contributed by atoms with Gasteiger partial charge in [0.2, 0.25) is 0 Å². The summed E-state index contributed by atoms with van der Waals surface area (Å²) in [7, 11) is 0. The molecule has 0 radical (unpaired) electrons. The number of benzene rings is 3. The minimum Gasteiger partial charge on any atom is -0.483 e. The molecule has 1 aliphatic heterocycles. The maximum absolute atomic E-state index is 13.1. The van der Waals surface area contributed by atoms with Crippen LogP contribution in [0.5, 0.6) is 5.75 Å². The molecule has 33 heavy (non-hydrogen) atoms. The smallest absolute Gasteiger partial charge is 0.270 e. The van der Waals surface area contributed by atoms with E-state index >= 15 is 0 Å². The molecule has 0 unspecified atom stereocenters. The van der Waals surface area contributed by atoms with E-state index in [1.807, 2.05) is 24.3 Å². The fraction of sp³-hybridized carbons (Fsp3) is 0.0417. The van der Waals surface area contributed by atoms with Crippen molar-refractivity contribution in [2.75, 3.05) is 16.8 Å². The molecule has 5 nitrogen and oxygen atoms in total. The van der Waals surface area contributed by atoms with Crippen molar-refractivity contribution in [1.82, 2.24) is 0 Å². The zero-order valence-corrected chi connectivity index (χ0v) is 20.1. The molecule has 0 atom stereocenters. The monoisotopic (exact) mass is 514 g/mol. The second-order valence-electron chi connectivity index (χ2n) is 6.86. The highest BCUT2D eigenvalue weighted by Gasteiger charge is 2.33. The van der Waals surface area contributed by atoms with Gasteiger partial charge in [-0.25, -0.2) is 0 Å². The molecule has 2 amide bonds. The molecule has 3 aromatic carbocycles. The molecule has 1 fully saturated rings. The third kappa shape index (κ3) is 5.57. The molecule has 1 saturated heterocycles. The summed E-state index contributed by atoms with van der Waals surface area (Å²) in [5, 5.41) is 3.49. The zero-order valence-electron chi connectivity index (χ0n) is 17.0. The zero-order chi connectivity index (χ0) is 23.4. The number of rotatable bonds is 6. The van der Waals surface area contributed by atoms with Gasteiger partial charge in [-0.3, -0.25) is 14.5 Å². The third-order valence-corrected chi connectivity index (χ3v) is 6.62. The highest BCUT2D eigenvalue weighted by molar-refractivity contribution is 8.27. The minimum atomic E-state index is -0.290. The van der Waals surface area contributed by atoms with E-state index in [0.717, 1.165) is 0 Å². The first-order valence-electron chi connectivity index (χ1n) is 9.72. The van der Waals surface area contributed by atoms with Gasteiger partial charge in [0.05, 0.1) is 20.6 Å². The Balaban J connectivity index is 1.50. The number of carbonyl (C=O) groups is 2. The number of nitrogens with one attached hydrogen (secondary N) is 1. The lowest BCUT2D eigenvalue weighted by Crippen LogP contribution is -2.27. The number of ether oxygens (including phenoxy) is 1. The van der Waals surface area contributed by atoms with Gasteiger partial charge in [-0.15, -0.1) is 0 Å². The van der Waals surface area contributed by atoms with Crippen molar-refractivity contribution in [2.24, 2.45) is 0 Å². The first kappa shape index (κ1) is 23.3. The van der Waals surface area contributed by atoms with Crippen molar-refractivity contribution in [3.05, 3.63) is 93.3 Å². The molecule has 1 aliphatic rings. The molecular weight excluding hydrogens is 499 g/mol. The van der Waals surface area contributed by atoms with Crippen molar-refractivity contribution in [1.29, 1.82) is 0 Å². The standard InChI is InChI=1S/C24H16Cl2N2O3S2/c25-18-11-10-17(13-19(18)26)28-23(30)21(33-24(28)32)12-15-6-4-5-9-20(15)31-14-22(29)27-16-7-2-1-3-8-16/h1-13H,14H2,(H,27,29)/b21-12-. The van der Waals surface area contributed by atoms with Crippen LogP contribution in [0.2, 0.25) is 10.0 Å². The van der Waals surface area contributed by atoms with Crippen LogP contribution in [0.4, 0.5) is 11.4 Å². The lowest BCUT2D eigenvalue weighted by atomic mass is 10.2. The number of thiocarbonyl (C=S) groups is 1. The maximum atomic E-state index is 13.1. The summed E-state index contributed by atoms with van der Waals surface area (Å²) in [5.74, 6) is -0.0949. The van der Waals surface area contributed by atoms with E-state index in [4.69, 9.17) is 40.2 Å². The molecule has 1 N–H and O–H groups in total. The van der Waals surface area contributed by atoms with Gasteiger partial charge in [0.25, 0.3) is 11.8 Å². The van der Waals surface area contributed by atoms with Gasteiger partial charge in [0.15, 0.2) is 10.9 Å². The fourth-order valence-corrected chi connectivity index (χ4v) is 4.63. The van der Waals surface area contributed by atoms with Crippen molar-refractivity contribution in [3.63, 3.8) is 0 Å². The first-order valence-corrected chi connectivity index (χ1v) is 11.7. The van der Waals surface area contributed by atoms with Gasteiger partial charge in [-0.1, -0.05) is 83.6 Å². The fourth-order valence-electron chi connectivity index (χ4n) is 3.05. The number of thioether (sulfide) groups is 1. The van der Waals surface area contributed by atoms with Crippen LogP contribution in [0.25, 0.3) is 6.08 Å². The van der Waals surface area contributed by atoms with E-state index in [-0.39, 0.29) is 18.4 Å². The maximum Gasteiger partial charge on any atom is 0.270 e. The predicted octanol–water partition coefficient (Wildman–Crippen LogP) is 6.42. The van der Waals surface area contributed by atoms with Crippen LogP contribution in [-0.2, 0) is 9.59 Å². The highest BCUT2D eigenvalue weighted by atomic mass is 35.5. The average Bonchev–Trinajstić information content (AvgIpc) is 3.08. The Labute approximate surface area is 210 Å². The normalized spacial score (nSPS) is 14.6. The number of nitrogens with zero attached hydrogens (tertiary/aromatic N) is 1. The van der Waals surface area contributed by atoms with E-state index < -0.39 is 0 Å². The van der Waals surface area contributed by atoms with Crippen LogP contribution in [0, 0.1) is 0 Å². The molecule has 9 heteroatoms. The molecule has 1 heterocycles. The third-order valence-electron chi connectivity index (χ3n) is 4.58. The van der Waals surface area contributed by atoms with Crippen LogP contribution in [0.15, 0.2) is 77.7 Å². The lowest BCUT2D eigenvalue weighted by Gasteiger charge is -2.15. The lowest BCUT2D eigenvalue weighted by molar-refractivity contribution is -0.118. The topological polar surface area (TPSA) is 58.6 Å². The highest BCUT2D eigenvalue weighted by Crippen LogP contribution is 2.38. The molecule has 0 aromatic heterocycles. The number of hydrogen-bond donors (Lipinski definition) is 1. The molecule has 4 rings (SSSR count). The Morgan fingerprint density at radius 3 is 2.52 bits per heavy atom. The average molecular weight is 515 g/mol. The molecule has 166 valence electrons. The van der Waals surface area contributed by atoms with E-state index in [2.05, 4.69) is 5.32 Å². The van der Waals surface area contributed by atoms with Gasteiger partial charge >= 0.3 is 0 Å². The van der Waals surface area contributed by atoms with Crippen molar-refractivity contribution in [3.8, 4) is 5.75 Å². The number of anilines is 2. The second kappa shape index (κ2) is 10.4. The van der Waals surface area contributed by atoms with Crippen molar-refractivity contribution >= 4 is 80.8 Å². The molecule has 0 saturated carbocycles. The summed E-state index contributed by atoms with van der Waals surface area (Å²) in [4.78, 5) is 27.1. The molecule has 3 aromatic rings. The largest absolute Gasteiger partial charge is 0.483 e. The van der Waals surface area contributed by atoms with Crippen LogP contribution >= 0.6 is 47.2 Å². The van der Waals surface area contributed by atoms with Gasteiger partial charge < -0.3 is 10.1 Å². The summed E-state index contributed by atoms with van der Waals surface area (Å²) >= 11 is 18.7. The second-order valence-corrected chi connectivity index (χ2v) is 9.35. The van der Waals surface area contributed by atoms with Crippen LogP contribution in [-0.4, -0.2) is 22.7 Å². The summed E-state index contributed by atoms with van der Waals surface area (Å²) in [6.45, 7) is -0.177. The quantitative estimate of drug-likeness (QED) is 0.304. The van der Waals surface area contributed by atoms with Crippen LogP contribution in [0.3, 0.4) is 0 Å². The summed E-state index contributed by atoms with van der Waals surface area (Å²) in [6.07, 6.45) is 1.70. The minimum absolute atomic E-state index is 0.177. The Hall–Kier alpha value is -2.84. The Bertz CT molecular complexity index is 1270. The molecule has 0 bridgehead atoms. The van der Waals surface area contributed by atoms with E-state index in [1.165, 1.54) is 16.7 Å². The number of amides is 2. The number of para-hydroxylation sites is 2. The van der Waals surface area contributed by atoms with Crippen LogP contribution in [0.1, 0.15) is 5.56 Å². The summed E-state index contributed by atoms with van der Waals surface area (Å²) in [6, 6.07) is 21.2. The summed E-state index contributed by atoms with van der Waals surface area (Å²) < 4.78 is 6.11. The molecule has 0 spiro atoms. The van der Waals surface area contributed by atoms with Gasteiger partial charge in [-0.05, 0) is 42.5 Å². The Morgan fingerprint density at radius 2 is 1.76 bits per heavy atom. The first-order chi connectivity index (χ1) is 15.9. The van der Waals surface area contributed by atoms with E-state index in [0.29, 0.717) is 42.0 Å². The molecular formula is C24H16Cl2N2O3S2. The van der Waals surface area contributed by atoms with E-state index in [1.54, 1.807) is 54.6 Å². The Morgan fingerprint density at radius 1 is 1.03 bits per heavy atom. The van der Waals surface area contributed by atoms with Gasteiger partial charge in [0, 0.05) is 11.3 Å². The number of carbonyl (C=O) groups excluding carboxylic acids is 2. The summed E-state index contributed by atoms with van der Waals surface area (Å²) in [5.41, 5.74) is 1.88. The van der Waals surface area contributed by atoms with Crippen molar-refractivity contribution in [2.45, 2.75) is 0 Å². The number of hydrogen-bond acceptors (Lipinski definition) is 5. The number of halogens is 2. The van der Waals surface area contributed by atoms with Gasteiger partial charge in [-0.2, -0.15) is 0 Å². The predicted molar refractivity (Wildman–Crippen MR) is 139 cm³/mol. The molecule has 0 aliphatic carbocycles. The van der Waals surface area contributed by atoms with Crippen LogP contribution < -0.4 is 15.0 Å². The SMILES string of the molecule is O=C(COc1ccccc1/C=C1\SC(=S)N(c2ccc(Cl)c(Cl)c2)C1=O)Nc1ccccc1. The Kier molecular flexibility index (Phi) is 7.35. The van der Waals surface area contributed by atoms with Gasteiger partial charge in [0.1, 0.15) is 5.75 Å².